The molecule has 0 aromatic carbocycles. The predicted octanol–water partition coefficient (Wildman–Crippen LogP) is 7.05. The third-order valence-electron chi connectivity index (χ3n) is 6.33. The normalized spacial score (nSPS) is 8.92. The average molecular weight is 914 g/mol. The number of amides is 1. The molecule has 4 rings (SSSR count). The molecule has 0 saturated carbocycles. The number of hydrogen-bond acceptors (Lipinski definition) is 12. The van der Waals surface area contributed by atoms with Crippen molar-refractivity contribution in [1.82, 2.24) is 25.3 Å². The minimum Gasteiger partial charge on any atom is -0.870 e. The molecule has 0 saturated heterocycles. The predicted molar refractivity (Wildman–Crippen MR) is 235 cm³/mol. The van der Waals surface area contributed by atoms with Gasteiger partial charge < -0.3 is 54.8 Å². The SMILES string of the molecule is C.CC.CCOC(=O)C(NC(C)=O)C(=O)OCC.CCOC(=O)c1ccc(C)[nH]1.Cc1ccc(C(=O)O)[nH]1.Cc1ccc(C(=O)OC(=O)c2ccc(C)[nH]2)[nH]1.ClCC#CCCl.[OH-]. The van der Waals surface area contributed by atoms with Crippen LogP contribution in [0.1, 0.15) is 114 Å². The fraction of sp³-hybridized carbons (Fsp3) is 0.405. The molecule has 346 valence electrons. The van der Waals surface area contributed by atoms with E-state index in [9.17, 15) is 33.6 Å². The van der Waals surface area contributed by atoms with Crippen LogP contribution in [0.15, 0.2) is 48.5 Å². The van der Waals surface area contributed by atoms with Gasteiger partial charge in [0.15, 0.2) is 0 Å². The highest BCUT2D eigenvalue weighted by Crippen LogP contribution is 2.07. The molecular weight excluding hydrogens is 853 g/mol. The first-order chi connectivity index (χ1) is 28.4. The van der Waals surface area contributed by atoms with E-state index >= 15 is 0 Å². The highest BCUT2D eigenvalue weighted by molar-refractivity contribution is 6.20. The third-order valence-corrected chi connectivity index (χ3v) is 6.60. The van der Waals surface area contributed by atoms with Crippen molar-refractivity contribution in [3.63, 3.8) is 0 Å². The minimum atomic E-state index is -1.37. The number of aromatic amines is 4. The number of carbonyl (C=O) groups is 7. The second kappa shape index (κ2) is 36.6. The largest absolute Gasteiger partial charge is 0.870 e. The lowest BCUT2D eigenvalue weighted by Crippen LogP contribution is -2.47. The lowest BCUT2D eigenvalue weighted by molar-refractivity contribution is -0.159. The van der Waals surface area contributed by atoms with Crippen LogP contribution in [0, 0.1) is 39.5 Å². The van der Waals surface area contributed by atoms with E-state index in [1.807, 2.05) is 47.6 Å². The topological polar surface area (TPSA) is 282 Å². The van der Waals surface area contributed by atoms with Gasteiger partial charge in [-0.3, -0.25) is 4.79 Å². The number of ether oxygens (including phenoxy) is 4. The number of aryl methyl sites for hydroxylation is 4. The number of halogens is 2. The Bertz CT molecular complexity index is 1910. The van der Waals surface area contributed by atoms with Crippen molar-refractivity contribution in [3.8, 4) is 11.8 Å². The standard InChI is InChI=1S/C12H12N2O3.C9H15NO5.C8H11NO2.C6H7NO2.C4H4Cl2.C2H6.CH4.H2O/c1-7-3-5-9(13-7)11(15)17-12(16)10-6-4-8(2)14-10;1-4-14-8(12)7(10-6(3)11)9(13)15-5-2;1-3-11-8(10)7-5-4-6(2)9-7;1-4-2-3-5(7-4)6(8)9;5-3-1-2-4-6;1-2;;/h3-6,13-14H,1-2H3;7H,4-5H2,1-3H3,(H,10,11);4-5,9H,3H2,1-2H3;2-3,7H,1H3,(H,8,9);3-4H2;1-2H3;1H4;1H2/p-1. The summed E-state index contributed by atoms with van der Waals surface area (Å²) in [6.07, 6.45) is 0. The summed E-state index contributed by atoms with van der Waals surface area (Å²) in [6, 6.07) is 12.1. The first kappa shape index (κ1) is 62.4. The fourth-order valence-corrected chi connectivity index (χ4v) is 4.05. The average Bonchev–Trinajstić information content (AvgIpc) is 4.04. The molecular formula is C42H60Cl2N5O13-. The number of aromatic nitrogens is 4. The van der Waals surface area contributed by atoms with Crippen LogP contribution in [0.3, 0.4) is 0 Å². The molecule has 4 aromatic rings. The molecule has 62 heavy (non-hydrogen) atoms. The summed E-state index contributed by atoms with van der Waals surface area (Å²) in [6.45, 7) is 18.2. The summed E-state index contributed by atoms with van der Waals surface area (Å²) in [5.74, 6) is 1.23. The van der Waals surface area contributed by atoms with Crippen LogP contribution in [0.25, 0.3) is 0 Å². The number of carbonyl (C=O) groups excluding carboxylic acids is 6. The molecule has 4 aromatic heterocycles. The van der Waals surface area contributed by atoms with E-state index in [0.717, 1.165) is 22.8 Å². The number of rotatable bonds is 10. The number of H-pyrrole nitrogens is 4. The molecule has 18 nitrogen and oxygen atoms in total. The number of alkyl halides is 2. The van der Waals surface area contributed by atoms with Crippen LogP contribution in [0.4, 0.5) is 0 Å². The van der Waals surface area contributed by atoms with Gasteiger partial charge in [0, 0.05) is 29.7 Å². The molecule has 0 unspecified atom stereocenters. The fourth-order valence-electron chi connectivity index (χ4n) is 3.86. The quantitative estimate of drug-likeness (QED) is 0.0306. The molecule has 7 N–H and O–H groups in total. The van der Waals surface area contributed by atoms with Crippen molar-refractivity contribution in [1.29, 1.82) is 0 Å². The molecule has 0 bridgehead atoms. The van der Waals surface area contributed by atoms with Gasteiger partial charge in [0.25, 0.3) is 0 Å². The first-order valence-corrected chi connectivity index (χ1v) is 19.5. The second-order valence-electron chi connectivity index (χ2n) is 11.2. The maximum Gasteiger partial charge on any atom is 0.362 e. The molecule has 0 aliphatic carbocycles. The van der Waals surface area contributed by atoms with Gasteiger partial charge >= 0.3 is 35.8 Å². The van der Waals surface area contributed by atoms with E-state index in [1.165, 1.54) is 13.0 Å². The smallest absolute Gasteiger partial charge is 0.362 e. The molecule has 0 atom stereocenters. The summed E-state index contributed by atoms with van der Waals surface area (Å²) in [5.41, 5.74) is 4.79. The number of aromatic carboxylic acids is 1. The van der Waals surface area contributed by atoms with E-state index in [-0.39, 0.29) is 49.2 Å². The van der Waals surface area contributed by atoms with Crippen molar-refractivity contribution in [2.24, 2.45) is 0 Å². The monoisotopic (exact) mass is 912 g/mol. The van der Waals surface area contributed by atoms with Gasteiger partial charge in [0.1, 0.15) is 22.8 Å². The zero-order valence-electron chi connectivity index (χ0n) is 35.9. The molecule has 0 aliphatic rings. The van der Waals surface area contributed by atoms with E-state index in [2.05, 4.69) is 46.6 Å². The summed E-state index contributed by atoms with van der Waals surface area (Å²) in [4.78, 5) is 88.7. The molecule has 0 fully saturated rings. The lowest BCUT2D eigenvalue weighted by atomic mass is 10.3. The van der Waals surface area contributed by atoms with Crippen molar-refractivity contribution < 1.29 is 63.1 Å². The van der Waals surface area contributed by atoms with Gasteiger partial charge in [-0.1, -0.05) is 33.1 Å². The summed E-state index contributed by atoms with van der Waals surface area (Å²) in [5, 5.41) is 10.5. The molecule has 0 spiro atoms. The van der Waals surface area contributed by atoms with E-state index in [1.54, 1.807) is 57.2 Å². The molecule has 4 heterocycles. The Balaban J connectivity index is -0.000000345. The Morgan fingerprint density at radius 2 is 0.903 bits per heavy atom. The number of carboxylic acids is 1. The van der Waals surface area contributed by atoms with Gasteiger partial charge in [0.2, 0.25) is 11.9 Å². The zero-order chi connectivity index (χ0) is 46.2. The Morgan fingerprint density at radius 1 is 0.597 bits per heavy atom. The molecule has 0 aliphatic heterocycles. The Labute approximate surface area is 372 Å². The first-order valence-electron chi connectivity index (χ1n) is 18.4. The maximum atomic E-state index is 11.6. The van der Waals surface area contributed by atoms with Crippen LogP contribution >= 0.6 is 23.2 Å². The van der Waals surface area contributed by atoms with Crippen LogP contribution in [-0.2, 0) is 33.3 Å². The number of esters is 5. The highest BCUT2D eigenvalue weighted by atomic mass is 35.5. The van der Waals surface area contributed by atoms with Gasteiger partial charge in [0.05, 0.1) is 31.6 Å². The van der Waals surface area contributed by atoms with Gasteiger partial charge in [-0.15, -0.1) is 23.2 Å². The van der Waals surface area contributed by atoms with Gasteiger partial charge in [-0.2, -0.15) is 0 Å². The zero-order valence-corrected chi connectivity index (χ0v) is 37.4. The number of hydrogen-bond donors (Lipinski definition) is 6. The maximum absolute atomic E-state index is 11.6. The van der Waals surface area contributed by atoms with Crippen molar-refractivity contribution in [3.05, 3.63) is 94.1 Å². The van der Waals surface area contributed by atoms with Crippen molar-refractivity contribution in [2.45, 2.75) is 82.7 Å². The van der Waals surface area contributed by atoms with Crippen LogP contribution < -0.4 is 5.32 Å². The van der Waals surface area contributed by atoms with Crippen LogP contribution in [0.5, 0.6) is 0 Å². The summed E-state index contributed by atoms with van der Waals surface area (Å²) >= 11 is 10.3. The number of carboxylic acid groups (broad SMARTS) is 1. The Morgan fingerprint density at radius 3 is 1.13 bits per heavy atom. The summed E-state index contributed by atoms with van der Waals surface area (Å²) in [7, 11) is 0. The van der Waals surface area contributed by atoms with Gasteiger partial charge in [-0.05, 0) is 97.0 Å². The van der Waals surface area contributed by atoms with Crippen LogP contribution in [0.2, 0.25) is 0 Å². The number of nitrogens with one attached hydrogen (secondary N) is 5. The summed E-state index contributed by atoms with van der Waals surface area (Å²) < 4.78 is 18.7. The van der Waals surface area contributed by atoms with Crippen molar-refractivity contribution >= 4 is 64.9 Å². The van der Waals surface area contributed by atoms with E-state index < -0.39 is 41.8 Å². The van der Waals surface area contributed by atoms with E-state index in [0.29, 0.717) is 24.1 Å². The third kappa shape index (κ3) is 27.5. The lowest BCUT2D eigenvalue weighted by Gasteiger charge is -2.14. The second-order valence-corrected chi connectivity index (χ2v) is 11.7. The van der Waals surface area contributed by atoms with Crippen molar-refractivity contribution in [2.75, 3.05) is 31.6 Å². The van der Waals surface area contributed by atoms with Crippen LogP contribution in [-0.4, -0.2) is 110 Å². The Kier molecular flexibility index (Phi) is 36.8. The molecule has 0 radical (unpaired) electrons. The van der Waals surface area contributed by atoms with E-state index in [4.69, 9.17) is 37.8 Å². The highest BCUT2D eigenvalue weighted by Gasteiger charge is 2.30. The molecule has 1 amide bonds. The minimum absolute atomic E-state index is 0. The van der Waals surface area contributed by atoms with Gasteiger partial charge in [-0.25, -0.2) is 28.8 Å². The Hall–Kier alpha value is -6.29. The molecule has 20 heteroatoms.